The minimum absolute atomic E-state index is 0.0558. The van der Waals surface area contributed by atoms with Crippen molar-refractivity contribution >= 4 is 19.8 Å². The van der Waals surface area contributed by atoms with Crippen LogP contribution in [0.4, 0.5) is 0 Å². The van der Waals surface area contributed by atoms with E-state index in [0.717, 1.165) is 44.9 Å². The van der Waals surface area contributed by atoms with E-state index in [0.29, 0.717) is 6.42 Å². The number of esters is 2. The van der Waals surface area contributed by atoms with Gasteiger partial charge < -0.3 is 20.1 Å². The zero-order chi connectivity index (χ0) is 63.0. The summed E-state index contributed by atoms with van der Waals surface area (Å²) in [7, 11) is -4.39. The first-order valence-electron chi connectivity index (χ1n) is 38.1. The summed E-state index contributed by atoms with van der Waals surface area (Å²) < 4.78 is 33.3. The van der Waals surface area contributed by atoms with Crippen molar-refractivity contribution < 1.29 is 37.6 Å². The van der Waals surface area contributed by atoms with Crippen LogP contribution in [-0.2, 0) is 32.7 Å². The minimum Gasteiger partial charge on any atom is -0.462 e. The molecule has 0 rings (SSSR count). The lowest BCUT2D eigenvalue weighted by atomic mass is 10.0. The van der Waals surface area contributed by atoms with Gasteiger partial charge in [-0.25, -0.2) is 4.57 Å². The van der Waals surface area contributed by atoms with Crippen LogP contribution < -0.4 is 5.73 Å². The van der Waals surface area contributed by atoms with Crippen LogP contribution in [0.25, 0.3) is 0 Å². The lowest BCUT2D eigenvalue weighted by Crippen LogP contribution is -2.29. The molecular formula is C77H146NO8P. The maximum absolute atomic E-state index is 12.8. The summed E-state index contributed by atoms with van der Waals surface area (Å²) in [5, 5.41) is 0. The van der Waals surface area contributed by atoms with Crippen LogP contribution in [0.3, 0.4) is 0 Å². The molecule has 3 N–H and O–H groups in total. The highest BCUT2D eigenvalue weighted by Gasteiger charge is 2.26. The number of allylic oxidation sites excluding steroid dienone is 8. The van der Waals surface area contributed by atoms with E-state index in [1.165, 1.54) is 321 Å². The van der Waals surface area contributed by atoms with Crippen molar-refractivity contribution in [3.63, 3.8) is 0 Å². The van der Waals surface area contributed by atoms with Gasteiger partial charge in [0, 0.05) is 19.4 Å². The Balaban J connectivity index is 3.78. The van der Waals surface area contributed by atoms with Crippen molar-refractivity contribution in [2.24, 2.45) is 5.73 Å². The Kier molecular flexibility index (Phi) is 71.3. The largest absolute Gasteiger partial charge is 0.472 e. The molecule has 2 unspecified atom stereocenters. The predicted octanol–water partition coefficient (Wildman–Crippen LogP) is 25.2. The third-order valence-corrected chi connectivity index (χ3v) is 18.2. The first kappa shape index (κ1) is 85.0. The summed E-state index contributed by atoms with van der Waals surface area (Å²) in [5.41, 5.74) is 5.41. The van der Waals surface area contributed by atoms with Gasteiger partial charge in [-0.05, 0) is 77.0 Å². The van der Waals surface area contributed by atoms with Crippen LogP contribution in [0, 0.1) is 0 Å². The number of phosphoric acid groups is 1. The second kappa shape index (κ2) is 73.0. The van der Waals surface area contributed by atoms with Gasteiger partial charge in [-0.3, -0.25) is 18.6 Å². The summed E-state index contributed by atoms with van der Waals surface area (Å²) >= 11 is 0. The zero-order valence-corrected chi connectivity index (χ0v) is 58.7. The molecule has 0 bridgehead atoms. The van der Waals surface area contributed by atoms with E-state index in [1.54, 1.807) is 0 Å². The lowest BCUT2D eigenvalue weighted by molar-refractivity contribution is -0.161. The van der Waals surface area contributed by atoms with E-state index in [-0.39, 0.29) is 38.6 Å². The Morgan fingerprint density at radius 1 is 0.345 bits per heavy atom. The van der Waals surface area contributed by atoms with Gasteiger partial charge in [0.2, 0.25) is 0 Å². The molecule has 9 nitrogen and oxygen atoms in total. The first-order valence-corrected chi connectivity index (χ1v) is 39.6. The van der Waals surface area contributed by atoms with Crippen molar-refractivity contribution in [3.8, 4) is 0 Å². The number of ether oxygens (including phenoxy) is 2. The van der Waals surface area contributed by atoms with Crippen LogP contribution in [0.5, 0.6) is 0 Å². The Morgan fingerprint density at radius 2 is 0.598 bits per heavy atom. The van der Waals surface area contributed by atoms with E-state index in [2.05, 4.69) is 62.5 Å². The summed E-state index contributed by atoms with van der Waals surface area (Å²) in [6, 6.07) is 0. The molecule has 10 heteroatoms. The van der Waals surface area contributed by atoms with E-state index >= 15 is 0 Å². The molecule has 0 aliphatic heterocycles. The molecule has 2 atom stereocenters. The SMILES string of the molecule is CCCCCCC/C=C\C/C=C\CCCCCCCCCCCCCCCCCCCCCCCC(=O)OCC(COP(=O)(O)OCCN)OC(=O)CCCCCCCCCCCCCCCCCCCCCCC/C=C\C/C=C\CCCCCCC. The van der Waals surface area contributed by atoms with Crippen molar-refractivity contribution in [1.82, 2.24) is 0 Å². The van der Waals surface area contributed by atoms with E-state index < -0.39 is 26.5 Å². The van der Waals surface area contributed by atoms with Crippen LogP contribution in [-0.4, -0.2) is 49.3 Å². The van der Waals surface area contributed by atoms with Crippen molar-refractivity contribution in [2.45, 2.75) is 405 Å². The summed E-state index contributed by atoms with van der Waals surface area (Å²) in [6.07, 6.45) is 93.8. The zero-order valence-electron chi connectivity index (χ0n) is 57.8. The summed E-state index contributed by atoms with van der Waals surface area (Å²) in [4.78, 5) is 35.4. The van der Waals surface area contributed by atoms with Gasteiger partial charge in [0.15, 0.2) is 6.10 Å². The third kappa shape index (κ3) is 72.9. The van der Waals surface area contributed by atoms with Gasteiger partial charge in [0.1, 0.15) is 6.61 Å². The Morgan fingerprint density at radius 3 is 0.874 bits per heavy atom. The molecule has 0 aromatic carbocycles. The highest BCUT2D eigenvalue weighted by atomic mass is 31.2. The van der Waals surface area contributed by atoms with Crippen molar-refractivity contribution in [1.29, 1.82) is 0 Å². The monoisotopic (exact) mass is 1240 g/mol. The fraction of sp³-hybridized carbons (Fsp3) is 0.870. The predicted molar refractivity (Wildman–Crippen MR) is 377 cm³/mol. The van der Waals surface area contributed by atoms with Gasteiger partial charge in [-0.1, -0.05) is 358 Å². The molecule has 512 valence electrons. The topological polar surface area (TPSA) is 134 Å². The Bertz CT molecular complexity index is 1570. The second-order valence-corrected chi connectivity index (χ2v) is 27.3. The molecule has 0 amide bonds. The molecule has 0 spiro atoms. The summed E-state index contributed by atoms with van der Waals surface area (Å²) in [6.45, 7) is 3.80. The number of nitrogens with two attached hydrogens (primary N) is 1. The third-order valence-electron chi connectivity index (χ3n) is 17.2. The van der Waals surface area contributed by atoms with Crippen LogP contribution in [0.15, 0.2) is 48.6 Å². The maximum atomic E-state index is 12.8. The Labute approximate surface area is 540 Å². The van der Waals surface area contributed by atoms with E-state index in [4.69, 9.17) is 24.3 Å². The van der Waals surface area contributed by atoms with E-state index in [1.807, 2.05) is 0 Å². The van der Waals surface area contributed by atoms with Gasteiger partial charge in [-0.15, -0.1) is 0 Å². The molecule has 0 saturated heterocycles. The van der Waals surface area contributed by atoms with E-state index in [9.17, 15) is 19.0 Å². The molecule has 0 fully saturated rings. The highest BCUT2D eigenvalue weighted by molar-refractivity contribution is 7.47. The smallest absolute Gasteiger partial charge is 0.462 e. The maximum Gasteiger partial charge on any atom is 0.472 e. The second-order valence-electron chi connectivity index (χ2n) is 25.9. The number of carbonyl (C=O) groups excluding carboxylic acids is 2. The molecule has 0 saturated carbocycles. The fourth-order valence-electron chi connectivity index (χ4n) is 11.5. The molecule has 0 heterocycles. The first-order chi connectivity index (χ1) is 42.8. The number of phosphoric ester groups is 1. The molecule has 0 aliphatic carbocycles. The van der Waals surface area contributed by atoms with Gasteiger partial charge in [-0.2, -0.15) is 0 Å². The normalized spacial score (nSPS) is 13.1. The Hall–Kier alpha value is -2.03. The average Bonchev–Trinajstić information content (AvgIpc) is 3.55. The molecule has 0 radical (unpaired) electrons. The molecule has 0 aromatic rings. The standard InChI is InChI=1S/C77H146NO8P/c1-3-5-7-9-11-13-15-17-19-21-23-25-27-29-31-33-35-37-39-41-43-45-47-49-51-53-55-57-59-61-63-65-67-69-76(79)83-73-75(74-85-87(81,82)84-72-71-78)86-77(80)70-68-66-64-62-60-58-56-54-52-50-48-46-44-42-40-38-36-34-32-30-28-26-24-22-20-18-16-14-12-10-8-6-4-2/h15-18,21-24,75H,3-14,19-20,25-74,78H2,1-2H3,(H,81,82)/b17-15-,18-16-,23-21-,24-22-. The quantitative estimate of drug-likeness (QED) is 0.0264. The number of hydrogen-bond donors (Lipinski definition) is 2. The lowest BCUT2D eigenvalue weighted by Gasteiger charge is -2.19. The van der Waals surface area contributed by atoms with Gasteiger partial charge in [0.05, 0.1) is 13.2 Å². The van der Waals surface area contributed by atoms with Crippen molar-refractivity contribution in [3.05, 3.63) is 48.6 Å². The highest BCUT2D eigenvalue weighted by Crippen LogP contribution is 2.43. The molecule has 87 heavy (non-hydrogen) atoms. The number of rotatable bonds is 73. The van der Waals surface area contributed by atoms with Crippen LogP contribution >= 0.6 is 7.82 Å². The molecule has 0 aliphatic rings. The average molecular weight is 1240 g/mol. The molecule has 0 aromatic heterocycles. The van der Waals surface area contributed by atoms with Crippen LogP contribution in [0.1, 0.15) is 399 Å². The van der Waals surface area contributed by atoms with Gasteiger partial charge in [0.25, 0.3) is 0 Å². The molecular weight excluding hydrogens is 1100 g/mol. The summed E-state index contributed by atoms with van der Waals surface area (Å²) in [5.74, 6) is -0.804. The number of unbranched alkanes of at least 4 members (excludes halogenated alkanes) is 52. The van der Waals surface area contributed by atoms with Crippen molar-refractivity contribution in [2.75, 3.05) is 26.4 Å². The van der Waals surface area contributed by atoms with Crippen LogP contribution in [0.2, 0.25) is 0 Å². The van der Waals surface area contributed by atoms with Gasteiger partial charge >= 0.3 is 19.8 Å². The number of carbonyl (C=O) groups is 2. The number of hydrogen-bond acceptors (Lipinski definition) is 8. The fourth-order valence-corrected chi connectivity index (χ4v) is 12.3. The minimum atomic E-state index is -4.39.